The van der Waals surface area contributed by atoms with E-state index in [9.17, 15) is 19.2 Å². The van der Waals surface area contributed by atoms with E-state index in [0.717, 1.165) is 6.42 Å². The Balaban J connectivity index is 2.69. The number of nitrogens with two attached hydrogens (primary N) is 1. The van der Waals surface area contributed by atoms with E-state index in [1.807, 2.05) is 13.8 Å². The van der Waals surface area contributed by atoms with Crippen molar-refractivity contribution in [2.75, 3.05) is 6.54 Å². The monoisotopic (exact) mass is 399 g/mol. The quantitative estimate of drug-likeness (QED) is 0.582. The maximum absolute atomic E-state index is 12.7. The molecule has 0 spiro atoms. The van der Waals surface area contributed by atoms with Gasteiger partial charge in [-0.1, -0.05) is 13.8 Å². The molecule has 0 radical (unpaired) electrons. The zero-order chi connectivity index (χ0) is 21.6. The Morgan fingerprint density at radius 3 is 2.29 bits per heavy atom. The second kappa shape index (κ2) is 9.97. The van der Waals surface area contributed by atoms with E-state index in [1.54, 1.807) is 27.7 Å². The number of nitrogens with zero attached hydrogens (tertiary/aromatic N) is 1. The summed E-state index contributed by atoms with van der Waals surface area (Å²) in [7, 11) is 0. The molecule has 0 aromatic rings. The topological polar surface area (TPSA) is 121 Å². The van der Waals surface area contributed by atoms with Crippen LogP contribution < -0.4 is 16.1 Å². The third kappa shape index (κ3) is 7.55. The number of hydrazine groups is 1. The number of carbonyl (C=O) groups is 4. The first-order valence-corrected chi connectivity index (χ1v) is 9.78. The van der Waals surface area contributed by atoms with Crippen LogP contribution in [0.1, 0.15) is 61.3 Å². The Kier molecular flexibility index (Phi) is 8.56. The Labute approximate surface area is 166 Å². The van der Waals surface area contributed by atoms with Gasteiger partial charge in [-0.3, -0.25) is 19.9 Å². The van der Waals surface area contributed by atoms with Crippen LogP contribution in [0.25, 0.3) is 0 Å². The molecule has 1 heterocycles. The van der Waals surface area contributed by atoms with Crippen LogP contribution in [0.5, 0.6) is 0 Å². The minimum absolute atomic E-state index is 0.0216. The first-order valence-electron chi connectivity index (χ1n) is 9.78. The van der Waals surface area contributed by atoms with E-state index >= 15 is 0 Å². The molecule has 3 atom stereocenters. The van der Waals surface area contributed by atoms with Gasteiger partial charge in [-0.05, 0) is 53.4 Å². The van der Waals surface area contributed by atoms with Crippen molar-refractivity contribution in [2.24, 2.45) is 5.92 Å². The highest BCUT2D eigenvalue weighted by molar-refractivity contribution is 5.85. The molecule has 1 rings (SSSR count). The standard InChI is InChI=1S/C19H34N4O5/c1-11(2)15(21-18(27)28-19(5,6)7)16(25)20-12(3)17(26)23-10-8-9-14(22-23)13(4)24/h11-12,14-15,22H,8-10H2,1-7H3,(H,20,25)(H,21,27)/p+1. The molecule has 0 bridgehead atoms. The summed E-state index contributed by atoms with van der Waals surface area (Å²) < 4.78 is 5.22. The fourth-order valence-corrected chi connectivity index (χ4v) is 2.91. The number of ketones is 1. The van der Waals surface area contributed by atoms with Crippen molar-refractivity contribution < 1.29 is 29.2 Å². The number of alkyl carbamates (subject to hydrolysis) is 1. The van der Waals surface area contributed by atoms with Crippen molar-refractivity contribution in [3.8, 4) is 0 Å². The third-order valence-corrected chi connectivity index (χ3v) is 4.39. The minimum Gasteiger partial charge on any atom is -0.444 e. The van der Waals surface area contributed by atoms with E-state index in [4.69, 9.17) is 4.74 Å². The number of nitrogens with one attached hydrogen (secondary N) is 2. The molecule has 160 valence electrons. The number of carbonyl (C=O) groups excluding carboxylic acids is 4. The maximum Gasteiger partial charge on any atom is 0.408 e. The van der Waals surface area contributed by atoms with Crippen LogP contribution in [0.4, 0.5) is 4.79 Å². The number of ether oxygens (including phenoxy) is 1. The van der Waals surface area contributed by atoms with Gasteiger partial charge in [0.05, 0.1) is 6.04 Å². The molecule has 28 heavy (non-hydrogen) atoms. The van der Waals surface area contributed by atoms with Crippen molar-refractivity contribution in [2.45, 2.75) is 85.0 Å². The van der Waals surface area contributed by atoms with Gasteiger partial charge in [-0.25, -0.2) is 15.0 Å². The van der Waals surface area contributed by atoms with Gasteiger partial charge in [-0.15, -0.1) is 0 Å². The van der Waals surface area contributed by atoms with Crippen molar-refractivity contribution in [1.29, 1.82) is 0 Å². The van der Waals surface area contributed by atoms with Gasteiger partial charge in [0.15, 0.2) is 6.04 Å². The van der Waals surface area contributed by atoms with Gasteiger partial charge < -0.3 is 10.1 Å². The summed E-state index contributed by atoms with van der Waals surface area (Å²) in [5, 5.41) is 5.33. The van der Waals surface area contributed by atoms with Crippen molar-refractivity contribution in [3.05, 3.63) is 0 Å². The summed E-state index contributed by atoms with van der Waals surface area (Å²) >= 11 is 0. The maximum atomic E-state index is 12.7. The molecule has 1 fully saturated rings. The number of hydrogen-bond acceptors (Lipinski definition) is 6. The zero-order valence-electron chi connectivity index (χ0n) is 18.0. The van der Waals surface area contributed by atoms with Crippen molar-refractivity contribution >= 4 is 23.7 Å². The predicted octanol–water partition coefficient (Wildman–Crippen LogP) is 0.0988. The Morgan fingerprint density at radius 2 is 1.79 bits per heavy atom. The van der Waals surface area contributed by atoms with E-state index < -0.39 is 23.8 Å². The summed E-state index contributed by atoms with van der Waals surface area (Å²) in [6.07, 6.45) is 0.734. The molecule has 3 unspecified atom stereocenters. The summed E-state index contributed by atoms with van der Waals surface area (Å²) in [5.41, 5.74) is 2.26. The highest BCUT2D eigenvalue weighted by Crippen LogP contribution is 2.10. The van der Waals surface area contributed by atoms with Gasteiger partial charge in [0.2, 0.25) is 0 Å². The second-order valence-electron chi connectivity index (χ2n) is 8.65. The molecule has 0 aromatic carbocycles. The number of Topliss-reactive ketones (excluding diaryl/α,β-unsaturated/α-hetero) is 1. The van der Waals surface area contributed by atoms with E-state index in [-0.39, 0.29) is 29.6 Å². The predicted molar refractivity (Wildman–Crippen MR) is 103 cm³/mol. The Hall–Kier alpha value is -2.00. The molecular formula is C19H35N4O5+. The van der Waals surface area contributed by atoms with Crippen LogP contribution in [0.3, 0.4) is 0 Å². The van der Waals surface area contributed by atoms with Gasteiger partial charge in [0.25, 0.3) is 5.91 Å². The first-order chi connectivity index (χ1) is 12.8. The summed E-state index contributed by atoms with van der Waals surface area (Å²) in [5.74, 6) is -0.818. The van der Waals surface area contributed by atoms with E-state index in [0.29, 0.717) is 13.0 Å². The molecule has 9 heteroatoms. The number of amides is 3. The highest BCUT2D eigenvalue weighted by Gasteiger charge is 2.35. The van der Waals surface area contributed by atoms with Gasteiger partial charge >= 0.3 is 12.0 Å². The highest BCUT2D eigenvalue weighted by atomic mass is 16.6. The molecule has 9 nitrogen and oxygen atoms in total. The average molecular weight is 400 g/mol. The largest absolute Gasteiger partial charge is 0.444 e. The molecule has 0 aromatic heterocycles. The summed E-state index contributed by atoms with van der Waals surface area (Å²) in [4.78, 5) is 48.9. The second-order valence-corrected chi connectivity index (χ2v) is 8.65. The van der Waals surface area contributed by atoms with E-state index in [1.165, 1.54) is 17.2 Å². The number of primary amides is 1. The zero-order valence-corrected chi connectivity index (χ0v) is 18.0. The number of quaternary nitrogens is 1. The summed E-state index contributed by atoms with van der Waals surface area (Å²) in [6.45, 7) is 12.4. The SMILES string of the molecule is CC(=O)C1CCCN(C(=O)C(C)[NH2+]C(=O)C(NC(=O)OC(C)(C)C)C(C)C)N1. The third-order valence-electron chi connectivity index (χ3n) is 4.39. The Morgan fingerprint density at radius 1 is 1.18 bits per heavy atom. The first kappa shape index (κ1) is 24.0. The summed E-state index contributed by atoms with van der Waals surface area (Å²) in [6, 6.07) is -1.85. The lowest BCUT2D eigenvalue weighted by Gasteiger charge is -2.33. The molecule has 1 aliphatic heterocycles. The van der Waals surface area contributed by atoms with E-state index in [2.05, 4.69) is 10.7 Å². The molecule has 1 aliphatic rings. The molecule has 4 N–H and O–H groups in total. The molecular weight excluding hydrogens is 364 g/mol. The van der Waals surface area contributed by atoms with Crippen LogP contribution in [0.15, 0.2) is 0 Å². The Bertz CT molecular complexity index is 600. The fraction of sp³-hybridized carbons (Fsp3) is 0.789. The fourth-order valence-electron chi connectivity index (χ4n) is 2.91. The van der Waals surface area contributed by atoms with Crippen molar-refractivity contribution in [1.82, 2.24) is 15.8 Å². The van der Waals surface area contributed by atoms with Crippen LogP contribution in [-0.4, -0.2) is 59.0 Å². The molecule has 0 aliphatic carbocycles. The van der Waals surface area contributed by atoms with Gasteiger partial charge in [-0.2, -0.15) is 0 Å². The minimum atomic E-state index is -0.788. The average Bonchev–Trinajstić information content (AvgIpc) is 2.57. The lowest BCUT2D eigenvalue weighted by atomic mass is 10.0. The lowest BCUT2D eigenvalue weighted by molar-refractivity contribution is -0.591. The lowest BCUT2D eigenvalue weighted by Crippen LogP contribution is -2.98. The van der Waals surface area contributed by atoms with Crippen LogP contribution in [0.2, 0.25) is 0 Å². The van der Waals surface area contributed by atoms with Crippen LogP contribution >= 0.6 is 0 Å². The number of rotatable bonds is 6. The molecule has 1 saturated heterocycles. The normalized spacial score (nSPS) is 19.7. The smallest absolute Gasteiger partial charge is 0.408 e. The van der Waals surface area contributed by atoms with Crippen LogP contribution in [0, 0.1) is 5.92 Å². The van der Waals surface area contributed by atoms with Crippen LogP contribution in [-0.2, 0) is 19.1 Å². The van der Waals surface area contributed by atoms with Gasteiger partial charge in [0.1, 0.15) is 17.4 Å². The van der Waals surface area contributed by atoms with Crippen molar-refractivity contribution in [3.63, 3.8) is 0 Å². The number of hydrogen-bond donors (Lipinski definition) is 3. The molecule has 3 amide bonds. The molecule has 0 saturated carbocycles. The van der Waals surface area contributed by atoms with Gasteiger partial charge in [0, 0.05) is 6.54 Å².